The summed E-state index contributed by atoms with van der Waals surface area (Å²) in [6.45, 7) is -1.00. The summed E-state index contributed by atoms with van der Waals surface area (Å²) in [4.78, 5) is 33.6. The van der Waals surface area contributed by atoms with Gasteiger partial charge < -0.3 is 9.47 Å². The van der Waals surface area contributed by atoms with Gasteiger partial charge in [0, 0.05) is 16.7 Å². The lowest BCUT2D eigenvalue weighted by Gasteiger charge is -2.07. The maximum Gasteiger partial charge on any atom is 0.344 e. The van der Waals surface area contributed by atoms with Gasteiger partial charge in [-0.15, -0.1) is 0 Å². The molecular weight excluding hydrogens is 338 g/mol. The lowest BCUT2D eigenvalue weighted by molar-refractivity contribution is -0.385. The normalized spacial score (nSPS) is 10.0. The van der Waals surface area contributed by atoms with Gasteiger partial charge in [0.2, 0.25) is 0 Å². The largest absolute Gasteiger partial charge is 0.475 e. The average molecular weight is 350 g/mol. The first-order chi connectivity index (χ1) is 11.5. The fraction of sp³-hybridized carbons (Fsp3) is 0.125. The summed E-state index contributed by atoms with van der Waals surface area (Å²) in [5, 5.41) is 11.3. The molecule has 24 heavy (non-hydrogen) atoms. The number of carbonyl (C=O) groups excluding carboxylic acids is 2. The van der Waals surface area contributed by atoms with Crippen molar-refractivity contribution in [1.29, 1.82) is 0 Å². The Morgan fingerprint density at radius 1 is 1.04 bits per heavy atom. The van der Waals surface area contributed by atoms with Crippen LogP contribution in [0.25, 0.3) is 0 Å². The van der Waals surface area contributed by atoms with E-state index in [1.165, 1.54) is 36.4 Å². The minimum atomic E-state index is -0.810. The van der Waals surface area contributed by atoms with Crippen LogP contribution in [0.1, 0.15) is 10.4 Å². The van der Waals surface area contributed by atoms with E-state index < -0.39 is 29.9 Å². The molecule has 0 aromatic heterocycles. The molecule has 0 fully saturated rings. The molecule has 2 aromatic carbocycles. The third-order valence-electron chi connectivity index (χ3n) is 2.94. The van der Waals surface area contributed by atoms with Crippen LogP contribution in [0, 0.1) is 10.1 Å². The predicted octanol–water partition coefficient (Wildman–Crippen LogP) is 3.05. The monoisotopic (exact) mass is 349 g/mol. The number of rotatable bonds is 7. The summed E-state index contributed by atoms with van der Waals surface area (Å²) in [5.74, 6) is -1.26. The molecule has 124 valence electrons. The molecule has 0 N–H and O–H groups in total. The second-order valence-corrected chi connectivity index (χ2v) is 5.04. The van der Waals surface area contributed by atoms with Crippen molar-refractivity contribution in [1.82, 2.24) is 0 Å². The van der Waals surface area contributed by atoms with Gasteiger partial charge in [-0.1, -0.05) is 23.7 Å². The van der Waals surface area contributed by atoms with Crippen LogP contribution in [0.2, 0.25) is 5.02 Å². The second kappa shape index (κ2) is 8.07. The molecule has 0 saturated heterocycles. The second-order valence-electron chi connectivity index (χ2n) is 4.60. The van der Waals surface area contributed by atoms with E-state index in [2.05, 4.69) is 0 Å². The summed E-state index contributed by atoms with van der Waals surface area (Å²) in [6.07, 6.45) is 0. The van der Waals surface area contributed by atoms with Crippen LogP contribution >= 0.6 is 11.6 Å². The quantitative estimate of drug-likeness (QED) is 0.330. The number of halogens is 1. The zero-order valence-electron chi connectivity index (χ0n) is 12.3. The summed E-state index contributed by atoms with van der Waals surface area (Å²) in [7, 11) is 0. The number of hydrogen-bond acceptors (Lipinski definition) is 6. The Morgan fingerprint density at radius 3 is 2.38 bits per heavy atom. The number of esters is 1. The van der Waals surface area contributed by atoms with Crippen molar-refractivity contribution in [3.63, 3.8) is 0 Å². The Kier molecular flexibility index (Phi) is 5.86. The van der Waals surface area contributed by atoms with Gasteiger partial charge in [0.25, 0.3) is 0 Å². The molecule has 0 bridgehead atoms. The standard InChI is InChI=1S/C16H12ClNO6/c17-12-7-5-11(6-8-12)14(19)9-24-16(20)10-23-15-4-2-1-3-13(15)18(21)22/h1-8H,9-10H2. The van der Waals surface area contributed by atoms with Gasteiger partial charge >= 0.3 is 11.7 Å². The van der Waals surface area contributed by atoms with E-state index in [9.17, 15) is 19.7 Å². The smallest absolute Gasteiger partial charge is 0.344 e. The molecule has 0 atom stereocenters. The van der Waals surface area contributed by atoms with Crippen molar-refractivity contribution >= 4 is 29.0 Å². The van der Waals surface area contributed by atoms with Crippen LogP contribution < -0.4 is 4.74 Å². The number of para-hydroxylation sites is 2. The fourth-order valence-electron chi connectivity index (χ4n) is 1.77. The molecule has 2 aromatic rings. The molecular formula is C16H12ClNO6. The van der Waals surface area contributed by atoms with Crippen molar-refractivity contribution in [3.05, 3.63) is 69.2 Å². The lowest BCUT2D eigenvalue weighted by Crippen LogP contribution is -2.19. The topological polar surface area (TPSA) is 95.7 Å². The Hall–Kier alpha value is -2.93. The van der Waals surface area contributed by atoms with Crippen LogP contribution in [0.5, 0.6) is 5.75 Å². The number of benzene rings is 2. The third kappa shape index (κ3) is 4.79. The van der Waals surface area contributed by atoms with Gasteiger partial charge in [0.15, 0.2) is 24.7 Å². The molecule has 0 spiro atoms. The van der Waals surface area contributed by atoms with Gasteiger partial charge in [-0.25, -0.2) is 4.79 Å². The van der Waals surface area contributed by atoms with E-state index in [0.29, 0.717) is 10.6 Å². The summed E-state index contributed by atoms with van der Waals surface area (Å²) in [6, 6.07) is 11.8. The molecule has 0 aliphatic heterocycles. The minimum Gasteiger partial charge on any atom is -0.475 e. The SMILES string of the molecule is O=C(COc1ccccc1[N+](=O)[O-])OCC(=O)c1ccc(Cl)cc1. The van der Waals surface area contributed by atoms with E-state index in [1.807, 2.05) is 0 Å². The Morgan fingerprint density at radius 2 is 1.71 bits per heavy atom. The average Bonchev–Trinajstić information content (AvgIpc) is 2.58. The van der Waals surface area contributed by atoms with E-state index in [-0.39, 0.29) is 11.4 Å². The van der Waals surface area contributed by atoms with Crippen molar-refractivity contribution in [2.75, 3.05) is 13.2 Å². The number of nitro benzene ring substituents is 1. The van der Waals surface area contributed by atoms with Gasteiger partial charge in [0.05, 0.1) is 4.92 Å². The summed E-state index contributed by atoms with van der Waals surface area (Å²) < 4.78 is 9.86. The number of Topliss-reactive ketones (excluding diaryl/α,β-unsaturated/α-hetero) is 1. The molecule has 0 amide bonds. The highest BCUT2D eigenvalue weighted by atomic mass is 35.5. The van der Waals surface area contributed by atoms with Crippen LogP contribution in [-0.2, 0) is 9.53 Å². The van der Waals surface area contributed by atoms with E-state index in [0.717, 1.165) is 0 Å². The Balaban J connectivity index is 1.85. The molecule has 0 aliphatic rings. The Labute approximate surface area is 141 Å². The molecule has 0 heterocycles. The zero-order chi connectivity index (χ0) is 17.5. The fourth-order valence-corrected chi connectivity index (χ4v) is 1.90. The van der Waals surface area contributed by atoms with E-state index in [4.69, 9.17) is 21.1 Å². The molecule has 0 radical (unpaired) electrons. The summed E-state index contributed by atoms with van der Waals surface area (Å²) in [5.41, 5.74) is 0.0920. The van der Waals surface area contributed by atoms with Crippen LogP contribution in [0.15, 0.2) is 48.5 Å². The molecule has 0 saturated carbocycles. The number of ether oxygens (including phenoxy) is 2. The molecule has 0 aliphatic carbocycles. The zero-order valence-corrected chi connectivity index (χ0v) is 13.1. The Bertz CT molecular complexity index is 759. The number of carbonyl (C=O) groups is 2. The first kappa shape index (κ1) is 17.4. The highest BCUT2D eigenvalue weighted by molar-refractivity contribution is 6.30. The number of hydrogen-bond donors (Lipinski definition) is 0. The van der Waals surface area contributed by atoms with Crippen LogP contribution in [0.3, 0.4) is 0 Å². The van der Waals surface area contributed by atoms with E-state index >= 15 is 0 Å². The molecule has 8 heteroatoms. The summed E-state index contributed by atoms with van der Waals surface area (Å²) >= 11 is 5.72. The van der Waals surface area contributed by atoms with Crippen molar-refractivity contribution in [3.8, 4) is 5.75 Å². The maximum atomic E-state index is 11.8. The first-order valence-electron chi connectivity index (χ1n) is 6.78. The number of nitro groups is 1. The van der Waals surface area contributed by atoms with Crippen molar-refractivity contribution in [2.45, 2.75) is 0 Å². The highest BCUT2D eigenvalue weighted by Crippen LogP contribution is 2.25. The first-order valence-corrected chi connectivity index (χ1v) is 7.16. The minimum absolute atomic E-state index is 0.0523. The van der Waals surface area contributed by atoms with Gasteiger partial charge in [-0.2, -0.15) is 0 Å². The van der Waals surface area contributed by atoms with Crippen LogP contribution in [0.4, 0.5) is 5.69 Å². The van der Waals surface area contributed by atoms with Crippen molar-refractivity contribution in [2.24, 2.45) is 0 Å². The van der Waals surface area contributed by atoms with Gasteiger partial charge in [-0.3, -0.25) is 14.9 Å². The lowest BCUT2D eigenvalue weighted by atomic mass is 10.1. The maximum absolute atomic E-state index is 11.8. The molecule has 2 rings (SSSR count). The predicted molar refractivity (Wildman–Crippen MR) is 85.3 cm³/mol. The number of ketones is 1. The highest BCUT2D eigenvalue weighted by Gasteiger charge is 2.16. The van der Waals surface area contributed by atoms with Crippen LogP contribution in [-0.4, -0.2) is 29.9 Å². The molecule has 0 unspecified atom stereocenters. The molecule has 7 nitrogen and oxygen atoms in total. The van der Waals surface area contributed by atoms with E-state index in [1.54, 1.807) is 12.1 Å². The van der Waals surface area contributed by atoms with Gasteiger partial charge in [0.1, 0.15) is 0 Å². The third-order valence-corrected chi connectivity index (χ3v) is 3.19. The number of nitrogens with zero attached hydrogens (tertiary/aromatic N) is 1. The van der Waals surface area contributed by atoms with Gasteiger partial charge in [-0.05, 0) is 30.3 Å². The van der Waals surface area contributed by atoms with Crippen molar-refractivity contribution < 1.29 is 24.0 Å².